The number of fused-ring (bicyclic) bond motifs is 1. The van der Waals surface area contributed by atoms with Crippen molar-refractivity contribution in [3.63, 3.8) is 0 Å². The summed E-state index contributed by atoms with van der Waals surface area (Å²) >= 11 is 5.86. The Kier molecular flexibility index (Phi) is 4.01. The van der Waals surface area contributed by atoms with E-state index < -0.39 is 10.5 Å². The van der Waals surface area contributed by atoms with E-state index in [2.05, 4.69) is 9.97 Å². The second-order valence-electron chi connectivity index (χ2n) is 4.95. The normalized spacial score (nSPS) is 11.6. The maximum Gasteiger partial charge on any atom is 0.274 e. The molecule has 3 aromatic rings. The molecule has 0 aliphatic carbocycles. The van der Waals surface area contributed by atoms with Gasteiger partial charge in [0.25, 0.3) is 11.2 Å². The summed E-state index contributed by atoms with van der Waals surface area (Å²) in [5.41, 5.74) is 0.483. The Morgan fingerprint density at radius 2 is 2.08 bits per heavy atom. The van der Waals surface area contributed by atoms with Gasteiger partial charge in [-0.1, -0.05) is 23.7 Å². The Morgan fingerprint density at radius 3 is 2.83 bits per heavy atom. The van der Waals surface area contributed by atoms with E-state index in [9.17, 15) is 20.0 Å². The first kappa shape index (κ1) is 15.7. The number of hydrogen-bond donors (Lipinski definition) is 2. The number of aromatic amines is 1. The van der Waals surface area contributed by atoms with E-state index in [1.54, 1.807) is 18.2 Å². The fourth-order valence-corrected chi connectivity index (χ4v) is 2.33. The Bertz CT molecular complexity index is 1040. The number of non-ortho nitro benzene ring substituents is 1. The lowest BCUT2D eigenvalue weighted by atomic mass is 10.1. The minimum Gasteiger partial charge on any atom is -0.507 e. The minimum absolute atomic E-state index is 0.0196. The van der Waals surface area contributed by atoms with E-state index in [1.807, 2.05) is 0 Å². The summed E-state index contributed by atoms with van der Waals surface area (Å²) in [5, 5.41) is 21.4. The molecule has 8 heteroatoms. The van der Waals surface area contributed by atoms with Crippen molar-refractivity contribution in [1.82, 2.24) is 9.97 Å². The molecule has 0 fully saturated rings. The van der Waals surface area contributed by atoms with Crippen LogP contribution in [-0.2, 0) is 0 Å². The average Bonchev–Trinajstić information content (AvgIpc) is 2.55. The first-order chi connectivity index (χ1) is 11.4. The maximum absolute atomic E-state index is 12.1. The van der Waals surface area contributed by atoms with Crippen LogP contribution in [0.15, 0.2) is 47.3 Å². The van der Waals surface area contributed by atoms with Crippen molar-refractivity contribution in [3.05, 3.63) is 79.2 Å². The molecule has 24 heavy (non-hydrogen) atoms. The molecule has 0 unspecified atom stereocenters. The highest BCUT2D eigenvalue weighted by Gasteiger charge is 2.10. The van der Waals surface area contributed by atoms with Gasteiger partial charge < -0.3 is 10.1 Å². The van der Waals surface area contributed by atoms with Gasteiger partial charge in [-0.15, -0.1) is 0 Å². The first-order valence-electron chi connectivity index (χ1n) is 6.79. The standard InChI is InChI=1S/C16H10ClN3O4/c17-10-4-5-12-13(7-10)19-16(22)14(18-12)8-15(21)9-2-1-3-11(6-9)20(23)24/h1-8,21H,(H,19,22). The summed E-state index contributed by atoms with van der Waals surface area (Å²) in [4.78, 5) is 29.1. The van der Waals surface area contributed by atoms with Crippen LogP contribution in [0.2, 0.25) is 5.02 Å². The number of hydrogen-bond acceptors (Lipinski definition) is 5. The average molecular weight is 344 g/mol. The van der Waals surface area contributed by atoms with Gasteiger partial charge in [0.15, 0.2) is 0 Å². The zero-order chi connectivity index (χ0) is 17.3. The lowest BCUT2D eigenvalue weighted by Crippen LogP contribution is -2.12. The molecule has 0 aliphatic heterocycles. The van der Waals surface area contributed by atoms with Gasteiger partial charge in [0.05, 0.1) is 16.0 Å². The summed E-state index contributed by atoms with van der Waals surface area (Å²) in [5.74, 6) is -0.301. The van der Waals surface area contributed by atoms with Crippen molar-refractivity contribution in [3.8, 4) is 0 Å². The molecule has 0 saturated heterocycles. The molecule has 0 amide bonds. The van der Waals surface area contributed by atoms with Gasteiger partial charge in [0.1, 0.15) is 11.5 Å². The van der Waals surface area contributed by atoms with Crippen molar-refractivity contribution in [2.45, 2.75) is 0 Å². The number of nitrogens with one attached hydrogen (secondary N) is 1. The van der Waals surface area contributed by atoms with Crippen molar-refractivity contribution < 1.29 is 10.0 Å². The van der Waals surface area contributed by atoms with Crippen molar-refractivity contribution in [1.29, 1.82) is 0 Å². The van der Waals surface area contributed by atoms with Crippen LogP contribution in [-0.4, -0.2) is 20.0 Å². The molecule has 120 valence electrons. The molecule has 1 aromatic heterocycles. The quantitative estimate of drug-likeness (QED) is 0.429. The predicted molar refractivity (Wildman–Crippen MR) is 91.0 cm³/mol. The van der Waals surface area contributed by atoms with Gasteiger partial charge in [0.2, 0.25) is 0 Å². The second-order valence-corrected chi connectivity index (χ2v) is 5.39. The molecular formula is C16H10ClN3O4. The van der Waals surface area contributed by atoms with Gasteiger partial charge >= 0.3 is 0 Å². The zero-order valence-corrected chi connectivity index (χ0v) is 12.8. The summed E-state index contributed by atoms with van der Waals surface area (Å²) in [7, 11) is 0. The molecule has 1 heterocycles. The molecule has 2 N–H and O–H groups in total. The van der Waals surface area contributed by atoms with Gasteiger partial charge in [-0.3, -0.25) is 14.9 Å². The number of nitrogens with zero attached hydrogens (tertiary/aromatic N) is 2. The molecule has 3 rings (SSSR count). The minimum atomic E-state index is -0.568. The number of aliphatic hydroxyl groups excluding tert-OH is 1. The number of benzene rings is 2. The highest BCUT2D eigenvalue weighted by atomic mass is 35.5. The molecule has 0 saturated carbocycles. The van der Waals surface area contributed by atoms with Gasteiger partial charge in [-0.05, 0) is 18.2 Å². The molecule has 7 nitrogen and oxygen atoms in total. The molecular weight excluding hydrogens is 334 g/mol. The second kappa shape index (κ2) is 6.13. The fraction of sp³-hybridized carbons (Fsp3) is 0. The van der Waals surface area contributed by atoms with Crippen LogP contribution in [0, 0.1) is 10.1 Å². The van der Waals surface area contributed by atoms with Crippen LogP contribution in [0.3, 0.4) is 0 Å². The monoisotopic (exact) mass is 343 g/mol. The Labute approximate surface area is 140 Å². The van der Waals surface area contributed by atoms with Crippen LogP contribution in [0.4, 0.5) is 5.69 Å². The number of H-pyrrole nitrogens is 1. The molecule has 0 radical (unpaired) electrons. The van der Waals surface area contributed by atoms with Crippen LogP contribution >= 0.6 is 11.6 Å². The van der Waals surface area contributed by atoms with Crippen molar-refractivity contribution in [2.75, 3.05) is 0 Å². The number of nitro benzene ring substituents is 1. The summed E-state index contributed by atoms with van der Waals surface area (Å²) in [6.07, 6.45) is 1.16. The number of rotatable bonds is 3. The fourth-order valence-electron chi connectivity index (χ4n) is 2.16. The number of nitro groups is 1. The van der Waals surface area contributed by atoms with E-state index >= 15 is 0 Å². The van der Waals surface area contributed by atoms with Gasteiger partial charge in [-0.25, -0.2) is 4.98 Å². The summed E-state index contributed by atoms with van der Waals surface area (Å²) in [6, 6.07) is 10.3. The van der Waals surface area contributed by atoms with Gasteiger partial charge in [-0.2, -0.15) is 0 Å². The largest absolute Gasteiger partial charge is 0.507 e. The third kappa shape index (κ3) is 3.11. The van der Waals surface area contributed by atoms with Crippen LogP contribution < -0.4 is 5.56 Å². The Morgan fingerprint density at radius 1 is 1.29 bits per heavy atom. The lowest BCUT2D eigenvalue weighted by molar-refractivity contribution is -0.384. The van der Waals surface area contributed by atoms with Crippen LogP contribution in [0.25, 0.3) is 22.9 Å². The van der Waals surface area contributed by atoms with Crippen LogP contribution in [0.5, 0.6) is 0 Å². The van der Waals surface area contributed by atoms with E-state index in [0.29, 0.717) is 16.1 Å². The Balaban J connectivity index is 2.07. The predicted octanol–water partition coefficient (Wildman–Crippen LogP) is 3.54. The van der Waals surface area contributed by atoms with E-state index in [4.69, 9.17) is 11.6 Å². The molecule has 2 aromatic carbocycles. The number of aliphatic hydroxyl groups is 1. The van der Waals surface area contributed by atoms with Crippen molar-refractivity contribution in [2.24, 2.45) is 0 Å². The Hall–Kier alpha value is -3.19. The third-order valence-corrected chi connectivity index (χ3v) is 3.54. The smallest absolute Gasteiger partial charge is 0.274 e. The molecule has 0 aliphatic rings. The summed E-state index contributed by atoms with van der Waals surface area (Å²) < 4.78 is 0. The molecule has 0 bridgehead atoms. The summed E-state index contributed by atoms with van der Waals surface area (Å²) in [6.45, 7) is 0. The maximum atomic E-state index is 12.1. The number of halogens is 1. The van der Waals surface area contributed by atoms with Crippen molar-refractivity contribution >= 4 is 40.2 Å². The lowest BCUT2D eigenvalue weighted by Gasteiger charge is -2.02. The van der Waals surface area contributed by atoms with Crippen LogP contribution in [0.1, 0.15) is 11.3 Å². The molecule has 0 spiro atoms. The first-order valence-corrected chi connectivity index (χ1v) is 7.17. The van der Waals surface area contributed by atoms with E-state index in [1.165, 1.54) is 24.3 Å². The van der Waals surface area contributed by atoms with E-state index in [0.717, 1.165) is 6.08 Å². The highest BCUT2D eigenvalue weighted by Crippen LogP contribution is 2.20. The topological polar surface area (TPSA) is 109 Å². The molecule has 0 atom stereocenters. The zero-order valence-electron chi connectivity index (χ0n) is 12.1. The number of aromatic nitrogens is 2. The highest BCUT2D eigenvalue weighted by molar-refractivity contribution is 6.31. The van der Waals surface area contributed by atoms with E-state index in [-0.39, 0.29) is 22.7 Å². The SMILES string of the molecule is O=c1[nH]c2cc(Cl)ccc2nc1C=C(O)c1cccc([N+](=O)[O-])c1. The van der Waals surface area contributed by atoms with Gasteiger partial charge in [0, 0.05) is 28.8 Å². The third-order valence-electron chi connectivity index (χ3n) is 3.31.